The first-order chi connectivity index (χ1) is 8.68. The first-order valence-electron chi connectivity index (χ1n) is 5.23. The van der Waals surface area contributed by atoms with Crippen LogP contribution in [0, 0.1) is 0 Å². The molecule has 90 valence electrons. The molecule has 0 saturated carbocycles. The van der Waals surface area contributed by atoms with Crippen molar-refractivity contribution in [2.24, 2.45) is 5.73 Å². The minimum atomic E-state index is -0.559. The van der Waals surface area contributed by atoms with Gasteiger partial charge in [0, 0.05) is 0 Å². The van der Waals surface area contributed by atoms with Crippen molar-refractivity contribution in [1.29, 1.82) is 0 Å². The Morgan fingerprint density at radius 2 is 2.17 bits per heavy atom. The predicted molar refractivity (Wildman–Crippen MR) is 68.7 cm³/mol. The molecule has 3 N–H and O–H groups in total. The van der Waals surface area contributed by atoms with E-state index >= 15 is 0 Å². The Labute approximate surface area is 106 Å². The lowest BCUT2D eigenvalue weighted by Crippen LogP contribution is -2.11. The third kappa shape index (κ3) is 1.46. The van der Waals surface area contributed by atoms with Gasteiger partial charge in [-0.3, -0.25) is 4.79 Å². The number of nitrogens with two attached hydrogens (primary N) is 1. The molecule has 0 bridgehead atoms. The number of carbonyl (C=O) groups excluding carboxylic acids is 1. The fourth-order valence-electron chi connectivity index (χ4n) is 1.85. The van der Waals surface area contributed by atoms with E-state index in [-0.39, 0.29) is 0 Å². The summed E-state index contributed by atoms with van der Waals surface area (Å²) in [5.41, 5.74) is 6.47. The Bertz CT molecular complexity index is 731. The largest absolute Gasteiger partial charge is 0.426 e. The van der Waals surface area contributed by atoms with Crippen molar-refractivity contribution in [2.75, 3.05) is 0 Å². The van der Waals surface area contributed by atoms with Crippen LogP contribution < -0.4 is 5.73 Å². The van der Waals surface area contributed by atoms with Crippen LogP contribution in [0.3, 0.4) is 0 Å². The zero-order valence-corrected chi connectivity index (χ0v) is 10.0. The molecule has 0 unspecified atom stereocenters. The molecule has 0 atom stereocenters. The van der Waals surface area contributed by atoms with Crippen LogP contribution >= 0.6 is 11.3 Å². The zero-order valence-electron chi connectivity index (χ0n) is 9.20. The molecule has 0 saturated heterocycles. The molecule has 2 heterocycles. The average molecular weight is 259 g/mol. The summed E-state index contributed by atoms with van der Waals surface area (Å²) in [4.78, 5) is 16.4. The predicted octanol–water partition coefficient (Wildman–Crippen LogP) is 2.10. The Hall–Kier alpha value is -2.34. The van der Waals surface area contributed by atoms with Crippen LogP contribution in [0.4, 0.5) is 0 Å². The van der Waals surface area contributed by atoms with Gasteiger partial charge in [-0.2, -0.15) is 4.73 Å². The van der Waals surface area contributed by atoms with Crippen molar-refractivity contribution in [3.05, 3.63) is 41.3 Å². The molecule has 3 aromatic rings. The van der Waals surface area contributed by atoms with Crippen molar-refractivity contribution < 1.29 is 10.0 Å². The summed E-state index contributed by atoms with van der Waals surface area (Å²) >= 11 is 1.46. The average Bonchev–Trinajstić information content (AvgIpc) is 2.97. The molecule has 1 aromatic carbocycles. The number of hydrogen-bond donors (Lipinski definition) is 2. The molecular weight excluding hydrogens is 250 g/mol. The van der Waals surface area contributed by atoms with E-state index in [0.717, 1.165) is 9.61 Å². The maximum atomic E-state index is 11.3. The van der Waals surface area contributed by atoms with Gasteiger partial charge in [0.05, 0.1) is 10.4 Å². The third-order valence-corrected chi connectivity index (χ3v) is 3.53. The minimum Gasteiger partial charge on any atom is -0.426 e. The highest BCUT2D eigenvalue weighted by Crippen LogP contribution is 2.28. The summed E-state index contributed by atoms with van der Waals surface area (Å²) in [6.45, 7) is 0. The van der Waals surface area contributed by atoms with Crippen LogP contribution in [0.1, 0.15) is 10.4 Å². The summed E-state index contributed by atoms with van der Waals surface area (Å²) in [7, 11) is 0. The van der Waals surface area contributed by atoms with Crippen LogP contribution in [0.2, 0.25) is 0 Å². The first kappa shape index (κ1) is 10.8. The van der Waals surface area contributed by atoms with E-state index in [1.54, 1.807) is 18.2 Å². The fraction of sp³-hybridized carbons (Fsp3) is 0. The number of nitrogens with zero attached hydrogens (tertiary/aromatic N) is 2. The van der Waals surface area contributed by atoms with Gasteiger partial charge < -0.3 is 10.9 Å². The Morgan fingerprint density at radius 3 is 2.83 bits per heavy atom. The Balaban J connectivity index is 2.34. The number of primary amides is 1. The van der Waals surface area contributed by atoms with Gasteiger partial charge in [0.1, 0.15) is 11.0 Å². The highest BCUT2D eigenvalue weighted by Gasteiger charge is 2.17. The van der Waals surface area contributed by atoms with Gasteiger partial charge in [0.25, 0.3) is 5.91 Å². The fourth-order valence-corrected chi connectivity index (χ4v) is 2.55. The minimum absolute atomic E-state index is 0.304. The normalized spacial score (nSPS) is 10.9. The number of carbonyl (C=O) groups is 1. The van der Waals surface area contributed by atoms with E-state index < -0.39 is 5.91 Å². The van der Waals surface area contributed by atoms with Gasteiger partial charge in [0.15, 0.2) is 5.82 Å². The molecule has 2 aromatic heterocycles. The maximum absolute atomic E-state index is 11.3. The van der Waals surface area contributed by atoms with Crippen molar-refractivity contribution in [2.45, 2.75) is 0 Å². The lowest BCUT2D eigenvalue weighted by Gasteiger charge is -1.97. The summed E-state index contributed by atoms with van der Waals surface area (Å²) < 4.78 is 0.980. The number of thiophene rings is 1. The summed E-state index contributed by atoms with van der Waals surface area (Å²) in [5.74, 6) is -0.148. The number of para-hydroxylation sites is 1. The third-order valence-electron chi connectivity index (χ3n) is 2.67. The number of fused-ring (bicyclic) bond motifs is 1. The lowest BCUT2D eigenvalue weighted by atomic mass is 10.2. The molecule has 0 spiro atoms. The van der Waals surface area contributed by atoms with Gasteiger partial charge >= 0.3 is 0 Å². The van der Waals surface area contributed by atoms with Crippen LogP contribution in [0.15, 0.2) is 35.7 Å². The number of benzene rings is 1. The van der Waals surface area contributed by atoms with Gasteiger partial charge in [-0.05, 0) is 23.6 Å². The van der Waals surface area contributed by atoms with Gasteiger partial charge in [-0.25, -0.2) is 4.98 Å². The molecule has 0 aliphatic carbocycles. The number of hydrogen-bond acceptors (Lipinski definition) is 4. The summed E-state index contributed by atoms with van der Waals surface area (Å²) in [6.07, 6.45) is 0. The molecular formula is C12H9N3O2S. The number of rotatable bonds is 2. The molecule has 0 aliphatic rings. The van der Waals surface area contributed by atoms with E-state index in [0.29, 0.717) is 22.4 Å². The molecule has 0 radical (unpaired) electrons. The van der Waals surface area contributed by atoms with E-state index in [1.807, 2.05) is 17.5 Å². The molecule has 5 nitrogen and oxygen atoms in total. The SMILES string of the molecule is NC(=O)c1cccc2c1nc(-c1cccs1)n2O. The quantitative estimate of drug-likeness (QED) is 0.691. The number of imidazole rings is 1. The molecule has 6 heteroatoms. The standard InChI is InChI=1S/C12H9N3O2S/c13-11(16)7-3-1-4-8-10(7)14-12(15(8)17)9-5-2-6-18-9/h1-6,17H,(H2,13,16). The lowest BCUT2D eigenvalue weighted by molar-refractivity contribution is 0.100. The van der Waals surface area contributed by atoms with Gasteiger partial charge in [-0.15, -0.1) is 11.3 Å². The van der Waals surface area contributed by atoms with Crippen LogP contribution in [-0.4, -0.2) is 20.8 Å². The molecule has 0 aliphatic heterocycles. The van der Waals surface area contributed by atoms with Crippen molar-refractivity contribution in [1.82, 2.24) is 9.71 Å². The Kier molecular flexibility index (Phi) is 2.31. The maximum Gasteiger partial charge on any atom is 0.250 e. The topological polar surface area (TPSA) is 81.1 Å². The summed E-state index contributed by atoms with van der Waals surface area (Å²) in [6, 6.07) is 8.66. The van der Waals surface area contributed by atoms with E-state index in [9.17, 15) is 10.0 Å². The monoisotopic (exact) mass is 259 g/mol. The molecule has 18 heavy (non-hydrogen) atoms. The van der Waals surface area contributed by atoms with Crippen LogP contribution in [-0.2, 0) is 0 Å². The second-order valence-corrected chi connectivity index (χ2v) is 4.71. The van der Waals surface area contributed by atoms with E-state index in [2.05, 4.69) is 4.98 Å². The van der Waals surface area contributed by atoms with Gasteiger partial charge in [0.2, 0.25) is 0 Å². The van der Waals surface area contributed by atoms with Crippen LogP contribution in [0.5, 0.6) is 0 Å². The molecule has 0 fully saturated rings. The second-order valence-electron chi connectivity index (χ2n) is 3.76. The van der Waals surface area contributed by atoms with Crippen LogP contribution in [0.25, 0.3) is 21.7 Å². The highest BCUT2D eigenvalue weighted by atomic mass is 32.1. The first-order valence-corrected chi connectivity index (χ1v) is 6.11. The number of aromatic nitrogens is 2. The highest BCUT2D eigenvalue weighted by molar-refractivity contribution is 7.13. The van der Waals surface area contributed by atoms with Crippen molar-refractivity contribution in [3.8, 4) is 10.7 Å². The van der Waals surface area contributed by atoms with Crippen molar-refractivity contribution in [3.63, 3.8) is 0 Å². The van der Waals surface area contributed by atoms with E-state index in [1.165, 1.54) is 11.3 Å². The molecule has 1 amide bonds. The molecule has 3 rings (SSSR count). The smallest absolute Gasteiger partial charge is 0.250 e. The number of amides is 1. The van der Waals surface area contributed by atoms with E-state index in [4.69, 9.17) is 5.73 Å². The van der Waals surface area contributed by atoms with Gasteiger partial charge in [-0.1, -0.05) is 12.1 Å². The van der Waals surface area contributed by atoms with Crippen molar-refractivity contribution >= 4 is 28.3 Å². The summed E-state index contributed by atoms with van der Waals surface area (Å²) in [5, 5.41) is 12.0. The second kappa shape index (κ2) is 3.85. The Morgan fingerprint density at radius 1 is 1.33 bits per heavy atom. The zero-order chi connectivity index (χ0) is 12.7.